The molecule has 0 aromatic heterocycles. The molecule has 44 valence electrons. The number of hydrogen-bond acceptors (Lipinski definition) is 0. The van der Waals surface area contributed by atoms with E-state index >= 15 is 0 Å². The zero-order valence-corrected chi connectivity index (χ0v) is 9.04. The van der Waals surface area contributed by atoms with E-state index in [2.05, 4.69) is 13.8 Å². The second kappa shape index (κ2) is 15.7. The van der Waals surface area contributed by atoms with Gasteiger partial charge in [-0.05, 0) is 0 Å². The number of unbranched alkanes of at least 4 members (excludes halogenated alkanes) is 1. The number of hydrogen-bond donors (Lipinski definition) is 0. The van der Waals surface area contributed by atoms with Crippen molar-refractivity contribution >= 4 is 36.7 Å². The van der Waals surface area contributed by atoms with Crippen LogP contribution in [0.2, 0.25) is 0 Å². The van der Waals surface area contributed by atoms with Gasteiger partial charge in [-0.2, -0.15) is 0 Å². The summed E-state index contributed by atoms with van der Waals surface area (Å²) in [7, 11) is 9.87. The first-order valence-corrected chi connectivity index (χ1v) is 9.52. The first-order chi connectivity index (χ1) is 3.33. The second-order valence-corrected chi connectivity index (χ2v) is 5.31. The Morgan fingerprint density at radius 2 is 1.29 bits per heavy atom. The molecule has 0 atom stereocenters. The summed E-state index contributed by atoms with van der Waals surface area (Å²) < 4.78 is 0. The fraction of sp³-hybridized carbons (Fsp3) is 1.00. The van der Waals surface area contributed by atoms with E-state index in [1.807, 2.05) is 0 Å². The van der Waals surface area contributed by atoms with Gasteiger partial charge in [0.25, 0.3) is 0 Å². The van der Waals surface area contributed by atoms with Crippen LogP contribution in [0.5, 0.6) is 0 Å². The van der Waals surface area contributed by atoms with Crippen molar-refractivity contribution in [3.8, 4) is 0 Å². The van der Waals surface area contributed by atoms with E-state index in [-0.39, 0.29) is 0 Å². The Morgan fingerprint density at radius 3 is 1.29 bits per heavy atom. The summed E-state index contributed by atoms with van der Waals surface area (Å²) in [5, 5.41) is 0. The molecule has 0 saturated heterocycles. The summed E-state index contributed by atoms with van der Waals surface area (Å²) in [6.07, 6.45) is 2.64. The molecule has 0 nitrogen and oxygen atoms in total. The predicted octanol–water partition coefficient (Wildman–Crippen LogP) is 2.80. The van der Waals surface area contributed by atoms with Gasteiger partial charge in [0, 0.05) is 0 Å². The second-order valence-electron chi connectivity index (χ2n) is 1.07. The van der Waals surface area contributed by atoms with Crippen LogP contribution in [0.3, 0.4) is 0 Å². The summed E-state index contributed by atoms with van der Waals surface area (Å²) in [4.78, 5) is 0. The van der Waals surface area contributed by atoms with E-state index in [1.165, 1.54) is 12.8 Å². The minimum atomic E-state index is -0.826. The molecule has 0 heterocycles. The molecule has 0 aliphatic heterocycles. The Hall–Kier alpha value is 1.38. The molecule has 7 heavy (non-hydrogen) atoms. The quantitative estimate of drug-likeness (QED) is 0.625. The van der Waals surface area contributed by atoms with Crippen LogP contribution in [0.15, 0.2) is 0 Å². The fourth-order valence-electron chi connectivity index (χ4n) is 0. The maximum atomic E-state index is 4.93. The van der Waals surface area contributed by atoms with Crippen LogP contribution in [0.1, 0.15) is 26.7 Å². The van der Waals surface area contributed by atoms with Gasteiger partial charge in [0.05, 0.1) is 0 Å². The molecule has 0 bridgehead atoms. The Kier molecular flexibility index (Phi) is 25.1. The van der Waals surface area contributed by atoms with Crippen LogP contribution in [0.25, 0.3) is 0 Å². The number of halogens is 2. The zero-order valence-electron chi connectivity index (χ0n) is 4.67. The zero-order chi connectivity index (χ0) is 6.12. The average Bonchev–Trinajstić information content (AvgIpc) is 1.69. The monoisotopic (exact) mass is 248 g/mol. The molecular formula is C4H10Cl2Sn. The molecule has 0 rings (SSSR count). The topological polar surface area (TPSA) is 0 Å². The predicted molar refractivity (Wildman–Crippen MR) is 38.0 cm³/mol. The SMILES string of the molecule is CCCC.[Cl][Sn][Cl]. The molecular weight excluding hydrogens is 238 g/mol. The van der Waals surface area contributed by atoms with E-state index in [0.717, 1.165) is 0 Å². The van der Waals surface area contributed by atoms with Gasteiger partial charge in [0.2, 0.25) is 0 Å². The summed E-state index contributed by atoms with van der Waals surface area (Å²) in [6.45, 7) is 4.36. The van der Waals surface area contributed by atoms with Gasteiger partial charge >= 0.3 is 36.7 Å². The molecule has 0 unspecified atom stereocenters. The fourth-order valence-corrected chi connectivity index (χ4v) is 0. The summed E-state index contributed by atoms with van der Waals surface area (Å²) in [5.74, 6) is 0. The first-order valence-electron chi connectivity index (χ1n) is 2.29. The van der Waals surface area contributed by atoms with Gasteiger partial charge in [-0.25, -0.2) is 0 Å². The van der Waals surface area contributed by atoms with E-state index in [1.54, 1.807) is 0 Å². The van der Waals surface area contributed by atoms with Crippen LogP contribution >= 0.6 is 17.8 Å². The molecule has 0 amide bonds. The van der Waals surface area contributed by atoms with Gasteiger partial charge in [-0.15, -0.1) is 0 Å². The van der Waals surface area contributed by atoms with Gasteiger partial charge in [-0.3, -0.25) is 0 Å². The van der Waals surface area contributed by atoms with E-state index in [4.69, 9.17) is 17.8 Å². The van der Waals surface area contributed by atoms with Crippen LogP contribution in [-0.4, -0.2) is 18.9 Å². The third-order valence-corrected chi connectivity index (χ3v) is 0.500. The normalized spacial score (nSPS) is 6.86. The molecule has 0 fully saturated rings. The van der Waals surface area contributed by atoms with Crippen molar-refractivity contribution < 1.29 is 0 Å². The standard InChI is InChI=1S/C4H10.2ClH.Sn/c1-3-4-2;;;/h3-4H2,1-2H3;2*1H;/q;;;+2/p-2. The van der Waals surface area contributed by atoms with E-state index in [9.17, 15) is 0 Å². The van der Waals surface area contributed by atoms with Crippen molar-refractivity contribution in [3.05, 3.63) is 0 Å². The summed E-state index contributed by atoms with van der Waals surface area (Å²) in [6, 6.07) is 0. The van der Waals surface area contributed by atoms with E-state index < -0.39 is 18.9 Å². The van der Waals surface area contributed by atoms with Crippen LogP contribution < -0.4 is 0 Å². The van der Waals surface area contributed by atoms with Crippen molar-refractivity contribution in [2.75, 3.05) is 0 Å². The van der Waals surface area contributed by atoms with Crippen LogP contribution in [0, 0.1) is 0 Å². The minimum absolute atomic E-state index is 0.826. The molecule has 0 spiro atoms. The first kappa shape index (κ1) is 11.2. The molecule has 0 aliphatic carbocycles. The number of rotatable bonds is 1. The Morgan fingerprint density at radius 1 is 1.14 bits per heavy atom. The van der Waals surface area contributed by atoms with Crippen molar-refractivity contribution in [1.29, 1.82) is 0 Å². The third-order valence-electron chi connectivity index (χ3n) is 0.500. The van der Waals surface area contributed by atoms with Gasteiger partial charge < -0.3 is 0 Å². The Bertz CT molecular complexity index is 17.2. The van der Waals surface area contributed by atoms with Crippen molar-refractivity contribution in [1.82, 2.24) is 0 Å². The molecule has 0 aromatic rings. The Balaban J connectivity index is 0. The van der Waals surface area contributed by atoms with Crippen molar-refractivity contribution in [2.45, 2.75) is 26.7 Å². The van der Waals surface area contributed by atoms with E-state index in [0.29, 0.717) is 0 Å². The van der Waals surface area contributed by atoms with Gasteiger partial charge in [0.15, 0.2) is 0 Å². The van der Waals surface area contributed by atoms with Gasteiger partial charge in [0.1, 0.15) is 0 Å². The average molecular weight is 248 g/mol. The molecule has 0 N–H and O–H groups in total. The van der Waals surface area contributed by atoms with Crippen LogP contribution in [0.4, 0.5) is 0 Å². The molecule has 0 aromatic carbocycles. The summed E-state index contributed by atoms with van der Waals surface area (Å²) in [5.41, 5.74) is 0. The molecule has 2 radical (unpaired) electrons. The third kappa shape index (κ3) is 37.7. The Labute approximate surface area is 63.2 Å². The summed E-state index contributed by atoms with van der Waals surface area (Å²) >= 11 is -0.826. The molecule has 0 saturated carbocycles. The van der Waals surface area contributed by atoms with Crippen LogP contribution in [-0.2, 0) is 0 Å². The van der Waals surface area contributed by atoms with Crippen molar-refractivity contribution in [2.24, 2.45) is 0 Å². The van der Waals surface area contributed by atoms with Crippen molar-refractivity contribution in [3.63, 3.8) is 0 Å². The molecule has 3 heteroatoms. The van der Waals surface area contributed by atoms with Gasteiger partial charge in [-0.1, -0.05) is 26.7 Å². The maximum absolute atomic E-state index is 4.93. The molecule has 0 aliphatic rings.